The van der Waals surface area contributed by atoms with Gasteiger partial charge in [-0.05, 0) is 109 Å². The molecule has 51 heavy (non-hydrogen) atoms. The normalized spacial score (nSPS) is 20.9. The quantitative estimate of drug-likeness (QED) is 0.0507. The molecule has 2 rings (SSSR count). The summed E-state index contributed by atoms with van der Waals surface area (Å²) in [5.74, 6) is 1.80. The number of nitrogens with zero attached hydrogens (tertiary/aromatic N) is 2. The van der Waals surface area contributed by atoms with Gasteiger partial charge < -0.3 is 28.7 Å². The highest BCUT2D eigenvalue weighted by Gasteiger charge is 2.28. The molecule has 0 aliphatic heterocycles. The van der Waals surface area contributed by atoms with Crippen LogP contribution in [0.2, 0.25) is 0 Å². The predicted molar refractivity (Wildman–Crippen MR) is 201 cm³/mol. The maximum atomic E-state index is 12.5. The standard InChI is InChI=1S/C41H74N2O8/c1-32(2)10-7-12-34-14-18-36(19-15-34)40(46)50-30-28-48-38(44)22-26-43(25-9-24-42(5)6)27-23-39(45)49-29-31-51-41(47)37-20-16-35(17-21-37)13-8-11-33(3)4/h32-37H,7-31H2,1-6H3. The molecule has 0 atom stereocenters. The third-order valence-electron chi connectivity index (χ3n) is 10.7. The summed E-state index contributed by atoms with van der Waals surface area (Å²) in [5, 5.41) is 0. The van der Waals surface area contributed by atoms with Crippen LogP contribution < -0.4 is 0 Å². The summed E-state index contributed by atoms with van der Waals surface area (Å²) in [6, 6.07) is 0. The van der Waals surface area contributed by atoms with Gasteiger partial charge in [-0.2, -0.15) is 0 Å². The second-order valence-corrected chi connectivity index (χ2v) is 16.4. The SMILES string of the molecule is CC(C)CCCC1CCC(C(=O)OCCOC(=O)CCN(CCCN(C)C)CCC(=O)OCCOC(=O)C2CCC(CCCC(C)C)CC2)CC1. The van der Waals surface area contributed by atoms with Crippen LogP contribution in [0.5, 0.6) is 0 Å². The molecule has 2 fully saturated rings. The van der Waals surface area contributed by atoms with Crippen LogP contribution in [0.15, 0.2) is 0 Å². The van der Waals surface area contributed by atoms with Gasteiger partial charge in [-0.3, -0.25) is 19.2 Å². The highest BCUT2D eigenvalue weighted by Crippen LogP contribution is 2.34. The largest absolute Gasteiger partial charge is 0.462 e. The number of ether oxygens (including phenoxy) is 4. The van der Waals surface area contributed by atoms with Crippen molar-refractivity contribution in [3.05, 3.63) is 0 Å². The fourth-order valence-corrected chi connectivity index (χ4v) is 7.42. The molecule has 0 aromatic rings. The number of esters is 4. The Bertz CT molecular complexity index is 901. The van der Waals surface area contributed by atoms with E-state index in [0.717, 1.165) is 94.5 Å². The Labute approximate surface area is 310 Å². The maximum Gasteiger partial charge on any atom is 0.309 e. The van der Waals surface area contributed by atoms with E-state index in [-0.39, 0.29) is 75.0 Å². The molecule has 2 aliphatic carbocycles. The van der Waals surface area contributed by atoms with Crippen LogP contribution in [0.3, 0.4) is 0 Å². The van der Waals surface area contributed by atoms with E-state index in [9.17, 15) is 19.2 Å². The zero-order valence-corrected chi connectivity index (χ0v) is 33.3. The molecule has 2 aliphatic rings. The number of rotatable bonds is 26. The molecule has 0 spiro atoms. The Kier molecular flexibility index (Phi) is 23.4. The minimum Gasteiger partial charge on any atom is -0.462 e. The number of hydrogen-bond donors (Lipinski definition) is 0. The summed E-state index contributed by atoms with van der Waals surface area (Å²) in [6.07, 6.45) is 16.7. The van der Waals surface area contributed by atoms with Crippen molar-refractivity contribution in [3.8, 4) is 0 Å². The van der Waals surface area contributed by atoms with Gasteiger partial charge in [-0.15, -0.1) is 0 Å². The van der Waals surface area contributed by atoms with E-state index in [0.29, 0.717) is 13.1 Å². The highest BCUT2D eigenvalue weighted by atomic mass is 16.6. The molecule has 0 N–H and O–H groups in total. The van der Waals surface area contributed by atoms with Gasteiger partial charge in [0.1, 0.15) is 26.4 Å². The first-order chi connectivity index (χ1) is 24.4. The molecule has 0 aromatic heterocycles. The van der Waals surface area contributed by atoms with Crippen LogP contribution in [-0.4, -0.2) is 100 Å². The van der Waals surface area contributed by atoms with E-state index in [2.05, 4.69) is 37.5 Å². The number of hydrogen-bond acceptors (Lipinski definition) is 10. The Morgan fingerprint density at radius 2 is 0.922 bits per heavy atom. The van der Waals surface area contributed by atoms with Gasteiger partial charge in [0.2, 0.25) is 0 Å². The lowest BCUT2D eigenvalue weighted by Crippen LogP contribution is -2.32. The molecule has 296 valence electrons. The van der Waals surface area contributed by atoms with Crippen molar-refractivity contribution in [3.63, 3.8) is 0 Å². The van der Waals surface area contributed by atoms with Crippen LogP contribution >= 0.6 is 0 Å². The van der Waals surface area contributed by atoms with E-state index >= 15 is 0 Å². The third kappa shape index (κ3) is 21.8. The molecule has 10 heteroatoms. The van der Waals surface area contributed by atoms with Crippen LogP contribution in [0.1, 0.15) is 137 Å². The fraction of sp³-hybridized carbons (Fsp3) is 0.902. The molecule has 0 heterocycles. The van der Waals surface area contributed by atoms with Crippen LogP contribution in [0, 0.1) is 35.5 Å². The lowest BCUT2D eigenvalue weighted by atomic mass is 9.79. The van der Waals surface area contributed by atoms with Crippen molar-refractivity contribution in [2.75, 3.05) is 66.7 Å². The average Bonchev–Trinajstić information content (AvgIpc) is 3.09. The third-order valence-corrected chi connectivity index (χ3v) is 10.7. The lowest BCUT2D eigenvalue weighted by molar-refractivity contribution is -0.156. The van der Waals surface area contributed by atoms with Crippen LogP contribution in [0.4, 0.5) is 0 Å². The predicted octanol–water partition coefficient (Wildman–Crippen LogP) is 7.46. The van der Waals surface area contributed by atoms with E-state index in [1.807, 2.05) is 14.1 Å². The van der Waals surface area contributed by atoms with Crippen molar-refractivity contribution >= 4 is 23.9 Å². The van der Waals surface area contributed by atoms with Crippen molar-refractivity contribution < 1.29 is 38.1 Å². The summed E-state index contributed by atoms with van der Waals surface area (Å²) in [4.78, 5) is 54.2. The van der Waals surface area contributed by atoms with E-state index < -0.39 is 0 Å². The first-order valence-electron chi connectivity index (χ1n) is 20.4. The van der Waals surface area contributed by atoms with Gasteiger partial charge in [0, 0.05) is 13.1 Å². The first kappa shape index (κ1) is 45.0. The van der Waals surface area contributed by atoms with Gasteiger partial charge in [-0.25, -0.2) is 0 Å². The monoisotopic (exact) mass is 723 g/mol. The van der Waals surface area contributed by atoms with Gasteiger partial charge in [0.25, 0.3) is 0 Å². The molecule has 0 unspecified atom stereocenters. The first-order valence-corrected chi connectivity index (χ1v) is 20.4. The minimum atomic E-state index is -0.352. The Morgan fingerprint density at radius 1 is 0.529 bits per heavy atom. The van der Waals surface area contributed by atoms with Crippen molar-refractivity contribution in [2.45, 2.75) is 137 Å². The second-order valence-electron chi connectivity index (χ2n) is 16.4. The highest BCUT2D eigenvalue weighted by molar-refractivity contribution is 5.73. The Balaban J connectivity index is 1.58. The molecule has 0 bridgehead atoms. The zero-order chi connectivity index (χ0) is 37.4. The smallest absolute Gasteiger partial charge is 0.309 e. The topological polar surface area (TPSA) is 112 Å². The van der Waals surface area contributed by atoms with E-state index in [4.69, 9.17) is 18.9 Å². The number of carbonyl (C=O) groups is 4. The second kappa shape index (κ2) is 26.5. The van der Waals surface area contributed by atoms with Gasteiger partial charge >= 0.3 is 23.9 Å². The summed E-state index contributed by atoms with van der Waals surface area (Å²) in [7, 11) is 4.03. The van der Waals surface area contributed by atoms with Crippen molar-refractivity contribution in [1.29, 1.82) is 0 Å². The zero-order valence-electron chi connectivity index (χ0n) is 33.3. The number of carbonyl (C=O) groups excluding carboxylic acids is 4. The van der Waals surface area contributed by atoms with Gasteiger partial charge in [0.05, 0.1) is 24.7 Å². The molecule has 0 amide bonds. The molecular weight excluding hydrogens is 648 g/mol. The Morgan fingerprint density at radius 3 is 1.29 bits per heavy atom. The van der Waals surface area contributed by atoms with Crippen molar-refractivity contribution in [2.24, 2.45) is 35.5 Å². The lowest BCUT2D eigenvalue weighted by Gasteiger charge is -2.27. The van der Waals surface area contributed by atoms with Gasteiger partial charge in [-0.1, -0.05) is 66.2 Å². The maximum absolute atomic E-state index is 12.5. The van der Waals surface area contributed by atoms with E-state index in [1.165, 1.54) is 38.5 Å². The van der Waals surface area contributed by atoms with Gasteiger partial charge in [0.15, 0.2) is 0 Å². The van der Waals surface area contributed by atoms with Crippen molar-refractivity contribution in [1.82, 2.24) is 9.80 Å². The molecule has 2 saturated carbocycles. The molecule has 10 nitrogen and oxygen atoms in total. The summed E-state index contributed by atoms with van der Waals surface area (Å²) < 4.78 is 21.6. The molecule has 0 saturated heterocycles. The molecular formula is C41H74N2O8. The fourth-order valence-electron chi connectivity index (χ4n) is 7.42. The summed E-state index contributed by atoms with van der Waals surface area (Å²) >= 11 is 0. The Hall–Kier alpha value is -2.20. The summed E-state index contributed by atoms with van der Waals surface area (Å²) in [5.41, 5.74) is 0. The van der Waals surface area contributed by atoms with Crippen LogP contribution in [-0.2, 0) is 38.1 Å². The minimum absolute atomic E-state index is 0.0431. The van der Waals surface area contributed by atoms with E-state index in [1.54, 1.807) is 0 Å². The van der Waals surface area contributed by atoms with Crippen LogP contribution in [0.25, 0.3) is 0 Å². The average molecular weight is 723 g/mol. The molecule has 0 aromatic carbocycles. The summed E-state index contributed by atoms with van der Waals surface area (Å²) in [6.45, 7) is 11.8. The molecule has 0 radical (unpaired) electrons.